The quantitative estimate of drug-likeness (QED) is 0.424. The minimum absolute atomic E-state index is 0. The molecule has 0 heterocycles. The maximum atomic E-state index is 11.7. The van der Waals surface area contributed by atoms with Gasteiger partial charge in [0.2, 0.25) is 5.91 Å². The highest BCUT2D eigenvalue weighted by molar-refractivity contribution is 5.80. The van der Waals surface area contributed by atoms with Gasteiger partial charge < -0.3 is 10.1 Å². The molecule has 0 bridgehead atoms. The van der Waals surface area contributed by atoms with Crippen molar-refractivity contribution in [3.05, 3.63) is 0 Å². The Labute approximate surface area is 144 Å². The lowest BCUT2D eigenvalue weighted by atomic mass is 9.99. The third-order valence-corrected chi connectivity index (χ3v) is 4.21. The second-order valence-electron chi connectivity index (χ2n) is 6.45. The fraction of sp³-hybridized carbons (Fsp3) is 0.895. The van der Waals surface area contributed by atoms with E-state index in [1.54, 1.807) is 6.92 Å². The van der Waals surface area contributed by atoms with Gasteiger partial charge in [0.15, 0.2) is 0 Å². The van der Waals surface area contributed by atoms with Gasteiger partial charge in [0.25, 0.3) is 0 Å². The lowest BCUT2D eigenvalue weighted by molar-refractivity contribution is -0.122. The zero-order valence-electron chi connectivity index (χ0n) is 15.5. The Bertz CT molecular complexity index is 311. The van der Waals surface area contributed by atoms with Crippen molar-refractivity contribution >= 4 is 11.7 Å². The molecule has 1 N–H and O–H groups in total. The molecule has 0 aliphatic rings. The van der Waals surface area contributed by atoms with Crippen molar-refractivity contribution in [1.29, 1.82) is 0 Å². The molecule has 0 saturated carbocycles. The Hall–Kier alpha value is -0.900. The molecule has 0 fully saturated rings. The van der Waals surface area contributed by atoms with Crippen LogP contribution in [0.25, 0.3) is 0 Å². The number of rotatable bonds is 16. The van der Waals surface area contributed by atoms with Crippen molar-refractivity contribution in [2.24, 2.45) is 5.92 Å². The summed E-state index contributed by atoms with van der Waals surface area (Å²) in [6.07, 6.45) is 10.6. The van der Waals surface area contributed by atoms with Crippen molar-refractivity contribution < 1.29 is 15.8 Å². The standard InChI is InChI=1S/C19H37NO3.H2/c1-4-17(2)19(22)13-9-8-12-16-23-15-11-7-5-6-10-14-20-18(3)21;/h17H,4-16H2,1-3H3,(H,20,21);1H. The molecule has 0 radical (unpaired) electrons. The van der Waals surface area contributed by atoms with Crippen molar-refractivity contribution in [1.82, 2.24) is 5.32 Å². The maximum absolute atomic E-state index is 11.7. The average molecular weight is 330 g/mol. The number of amides is 1. The molecule has 1 atom stereocenters. The summed E-state index contributed by atoms with van der Waals surface area (Å²) in [5, 5.41) is 2.81. The van der Waals surface area contributed by atoms with Crippen LogP contribution in [0.3, 0.4) is 0 Å². The van der Waals surface area contributed by atoms with E-state index in [9.17, 15) is 9.59 Å². The summed E-state index contributed by atoms with van der Waals surface area (Å²) in [4.78, 5) is 22.3. The summed E-state index contributed by atoms with van der Waals surface area (Å²) in [6.45, 7) is 8.11. The first-order chi connectivity index (χ1) is 11.1. The average Bonchev–Trinajstić information content (AvgIpc) is 2.53. The molecular weight excluding hydrogens is 290 g/mol. The van der Waals surface area contributed by atoms with Gasteiger partial charge in [0, 0.05) is 40.4 Å². The molecule has 1 amide bonds. The van der Waals surface area contributed by atoms with Crippen LogP contribution < -0.4 is 5.32 Å². The van der Waals surface area contributed by atoms with E-state index in [4.69, 9.17) is 4.74 Å². The Morgan fingerprint density at radius 3 is 2.13 bits per heavy atom. The van der Waals surface area contributed by atoms with Gasteiger partial charge in [0.05, 0.1) is 0 Å². The molecule has 4 heteroatoms. The summed E-state index contributed by atoms with van der Waals surface area (Å²) in [5.41, 5.74) is 0. The highest BCUT2D eigenvalue weighted by Crippen LogP contribution is 2.09. The number of ketones is 1. The Morgan fingerprint density at radius 2 is 1.52 bits per heavy atom. The maximum Gasteiger partial charge on any atom is 0.216 e. The minimum Gasteiger partial charge on any atom is -0.381 e. The fourth-order valence-corrected chi connectivity index (χ4v) is 2.38. The first kappa shape index (κ1) is 22.1. The number of carbonyl (C=O) groups is 2. The van der Waals surface area contributed by atoms with Gasteiger partial charge >= 0.3 is 0 Å². The summed E-state index contributed by atoms with van der Waals surface area (Å²) < 4.78 is 5.63. The number of nitrogens with one attached hydrogen (secondary N) is 1. The molecule has 138 valence electrons. The zero-order valence-corrected chi connectivity index (χ0v) is 15.5. The highest BCUT2D eigenvalue weighted by atomic mass is 16.5. The number of hydrogen-bond donors (Lipinski definition) is 1. The predicted molar refractivity (Wildman–Crippen MR) is 97.6 cm³/mol. The van der Waals surface area contributed by atoms with Crippen molar-refractivity contribution in [2.45, 2.75) is 85.0 Å². The summed E-state index contributed by atoms with van der Waals surface area (Å²) >= 11 is 0. The van der Waals surface area contributed by atoms with E-state index < -0.39 is 0 Å². The summed E-state index contributed by atoms with van der Waals surface area (Å²) in [6, 6.07) is 0. The van der Waals surface area contributed by atoms with E-state index in [0.29, 0.717) is 5.78 Å². The lowest BCUT2D eigenvalue weighted by Crippen LogP contribution is -2.20. The SMILES string of the molecule is CCC(C)C(=O)CCCCCOCCCCCCCNC(C)=O.[HH]. The van der Waals surface area contributed by atoms with E-state index in [1.165, 1.54) is 19.3 Å². The van der Waals surface area contributed by atoms with E-state index in [0.717, 1.165) is 64.7 Å². The number of carbonyl (C=O) groups excluding carboxylic acids is 2. The Balaban J connectivity index is 0. The van der Waals surface area contributed by atoms with E-state index in [-0.39, 0.29) is 13.3 Å². The molecule has 0 aromatic carbocycles. The van der Waals surface area contributed by atoms with E-state index in [2.05, 4.69) is 12.2 Å². The topological polar surface area (TPSA) is 55.4 Å². The molecule has 0 aromatic rings. The summed E-state index contributed by atoms with van der Waals surface area (Å²) in [7, 11) is 0. The van der Waals surface area contributed by atoms with Crippen LogP contribution in [0.15, 0.2) is 0 Å². The van der Waals surface area contributed by atoms with Crippen LogP contribution in [0, 0.1) is 5.92 Å². The van der Waals surface area contributed by atoms with Crippen LogP contribution in [0.1, 0.15) is 86.4 Å². The van der Waals surface area contributed by atoms with Crippen molar-refractivity contribution in [2.75, 3.05) is 19.8 Å². The van der Waals surface area contributed by atoms with Gasteiger partial charge in [-0.2, -0.15) is 0 Å². The van der Waals surface area contributed by atoms with Crippen LogP contribution >= 0.6 is 0 Å². The molecule has 0 aliphatic carbocycles. The van der Waals surface area contributed by atoms with Crippen LogP contribution in [0.2, 0.25) is 0 Å². The monoisotopic (exact) mass is 329 g/mol. The molecule has 4 nitrogen and oxygen atoms in total. The fourth-order valence-electron chi connectivity index (χ4n) is 2.38. The Kier molecular flexibility index (Phi) is 15.4. The second-order valence-corrected chi connectivity index (χ2v) is 6.45. The Morgan fingerprint density at radius 1 is 0.957 bits per heavy atom. The smallest absolute Gasteiger partial charge is 0.216 e. The number of ether oxygens (including phenoxy) is 1. The van der Waals surface area contributed by atoms with Gasteiger partial charge in [-0.15, -0.1) is 0 Å². The third-order valence-electron chi connectivity index (χ3n) is 4.21. The normalized spacial score (nSPS) is 12.1. The molecule has 0 aromatic heterocycles. The lowest BCUT2D eigenvalue weighted by Gasteiger charge is -2.07. The zero-order chi connectivity index (χ0) is 17.3. The second kappa shape index (κ2) is 16.0. The minimum atomic E-state index is 0. The highest BCUT2D eigenvalue weighted by Gasteiger charge is 2.09. The van der Waals surface area contributed by atoms with Crippen LogP contribution in [-0.4, -0.2) is 31.4 Å². The molecule has 0 rings (SSSR count). The predicted octanol–water partition coefficient (Wildman–Crippen LogP) is 4.51. The van der Waals surface area contributed by atoms with Crippen LogP contribution in [0.5, 0.6) is 0 Å². The first-order valence-electron chi connectivity index (χ1n) is 9.42. The number of hydrogen-bond acceptors (Lipinski definition) is 3. The molecule has 0 saturated heterocycles. The molecule has 0 spiro atoms. The van der Waals surface area contributed by atoms with Crippen molar-refractivity contribution in [3.8, 4) is 0 Å². The summed E-state index contributed by atoms with van der Waals surface area (Å²) in [5.74, 6) is 0.694. The van der Waals surface area contributed by atoms with E-state index >= 15 is 0 Å². The number of Topliss-reactive ketones (excluding diaryl/α,β-unsaturated/α-hetero) is 1. The van der Waals surface area contributed by atoms with Crippen LogP contribution in [0.4, 0.5) is 0 Å². The molecule has 23 heavy (non-hydrogen) atoms. The van der Waals surface area contributed by atoms with Gasteiger partial charge in [-0.3, -0.25) is 9.59 Å². The molecule has 1 unspecified atom stereocenters. The number of unbranched alkanes of at least 4 members (excludes halogenated alkanes) is 6. The van der Waals surface area contributed by atoms with Gasteiger partial charge in [-0.25, -0.2) is 0 Å². The third kappa shape index (κ3) is 15.8. The van der Waals surface area contributed by atoms with Gasteiger partial charge in [0.1, 0.15) is 5.78 Å². The van der Waals surface area contributed by atoms with Crippen LogP contribution in [-0.2, 0) is 14.3 Å². The van der Waals surface area contributed by atoms with Gasteiger partial charge in [-0.1, -0.05) is 39.5 Å². The molecule has 0 aliphatic heterocycles. The van der Waals surface area contributed by atoms with E-state index in [1.807, 2.05) is 6.92 Å². The largest absolute Gasteiger partial charge is 0.381 e. The first-order valence-corrected chi connectivity index (χ1v) is 9.42. The van der Waals surface area contributed by atoms with Gasteiger partial charge in [-0.05, 0) is 32.1 Å². The molecular formula is C19H39NO3. The van der Waals surface area contributed by atoms with Crippen molar-refractivity contribution in [3.63, 3.8) is 0 Å².